The van der Waals surface area contributed by atoms with E-state index in [1.54, 1.807) is 13.8 Å². The van der Waals surface area contributed by atoms with E-state index < -0.39 is 17.8 Å². The molecule has 35 heavy (non-hydrogen) atoms. The number of hydrogen-bond acceptors (Lipinski definition) is 9. The highest BCUT2D eigenvalue weighted by Gasteiger charge is 2.14. The van der Waals surface area contributed by atoms with Gasteiger partial charge in [0.1, 0.15) is 17.6 Å². The topological polar surface area (TPSA) is 221 Å². The normalized spacial score (nSPS) is 9.17. The Balaban J connectivity index is 0. The minimum atomic E-state index is -1.11. The number of benzene rings is 2. The maximum Gasteiger partial charge on any atom is 0.335 e. The van der Waals surface area contributed by atoms with E-state index in [0.717, 1.165) is 7.11 Å². The molecule has 0 spiro atoms. The summed E-state index contributed by atoms with van der Waals surface area (Å²) in [5.74, 6) is -2.16. The fraction of sp³-hybridized carbons (Fsp3) is 0.304. The summed E-state index contributed by atoms with van der Waals surface area (Å²) in [4.78, 5) is 32.5. The molecule has 0 saturated heterocycles. The number of carbonyl (C=O) groups is 3. The van der Waals surface area contributed by atoms with E-state index in [4.69, 9.17) is 46.3 Å². The average molecular weight is 494 g/mol. The molecule has 0 saturated carbocycles. The minimum absolute atomic E-state index is 0.00454. The van der Waals surface area contributed by atoms with Gasteiger partial charge in [0.25, 0.3) is 5.91 Å². The van der Waals surface area contributed by atoms with E-state index in [-0.39, 0.29) is 34.5 Å². The van der Waals surface area contributed by atoms with Crippen molar-refractivity contribution in [1.82, 2.24) is 0 Å². The molecule has 0 atom stereocenters. The van der Waals surface area contributed by atoms with Crippen LogP contribution in [0.25, 0.3) is 0 Å². The molecule has 2 aromatic rings. The van der Waals surface area contributed by atoms with E-state index >= 15 is 0 Å². The number of amides is 1. The number of nitrogens with zero attached hydrogens (tertiary/aromatic N) is 1. The Morgan fingerprint density at radius 1 is 0.829 bits per heavy atom. The Morgan fingerprint density at radius 2 is 1.23 bits per heavy atom. The third-order valence-corrected chi connectivity index (χ3v) is 3.56. The molecule has 1 amide bonds. The summed E-state index contributed by atoms with van der Waals surface area (Å²) in [6, 6.07) is 10.1. The molecule has 12 heteroatoms. The minimum Gasteiger partial charge on any atom is -0.490 e. The highest BCUT2D eigenvalue weighted by Crippen LogP contribution is 2.22. The second-order valence-corrected chi connectivity index (χ2v) is 6.84. The molecule has 0 aliphatic rings. The number of aliphatic hydroxyl groups excluding tert-OH is 1. The van der Waals surface area contributed by atoms with Crippen LogP contribution < -0.4 is 15.2 Å². The fourth-order valence-electron chi connectivity index (χ4n) is 2.32. The number of aliphatic hydroxyl groups is 1. The van der Waals surface area contributed by atoms with Crippen molar-refractivity contribution in [2.45, 2.75) is 39.9 Å². The van der Waals surface area contributed by atoms with Gasteiger partial charge in [0.2, 0.25) is 0 Å². The van der Waals surface area contributed by atoms with Gasteiger partial charge < -0.3 is 30.5 Å². The molecule has 2 aromatic carbocycles. The van der Waals surface area contributed by atoms with Crippen LogP contribution in [0.4, 0.5) is 0 Å². The van der Waals surface area contributed by atoms with Crippen molar-refractivity contribution in [3.63, 3.8) is 0 Å². The Labute approximate surface area is 202 Å². The van der Waals surface area contributed by atoms with Gasteiger partial charge in [-0.1, -0.05) is 0 Å². The summed E-state index contributed by atoms with van der Waals surface area (Å²) >= 11 is 0. The Morgan fingerprint density at radius 3 is 1.60 bits per heavy atom. The number of hydrogen-bond donors (Lipinski definition) is 6. The molecule has 192 valence electrons. The van der Waals surface area contributed by atoms with E-state index in [1.807, 2.05) is 19.9 Å². The van der Waals surface area contributed by atoms with E-state index in [9.17, 15) is 14.4 Å². The van der Waals surface area contributed by atoms with Gasteiger partial charge in [-0.25, -0.2) is 9.59 Å². The summed E-state index contributed by atoms with van der Waals surface area (Å²) in [5, 5.41) is 45.3. The van der Waals surface area contributed by atoms with Gasteiger partial charge in [0.15, 0.2) is 0 Å². The third kappa shape index (κ3) is 12.0. The molecular weight excluding hydrogens is 464 g/mol. The van der Waals surface area contributed by atoms with Crippen LogP contribution in [0.15, 0.2) is 36.4 Å². The SMILES string of the molecule is CC(C)Oc1ccc(C(=O)O)cc1C#N.CC(C)Oc1ccc(C(=O)O)cc1C(N)=O.CO.OO. The Kier molecular flexibility index (Phi) is 16.3. The number of nitriles is 1. The number of aromatic carboxylic acids is 2. The highest BCUT2D eigenvalue weighted by atomic mass is 17.0. The zero-order valence-corrected chi connectivity index (χ0v) is 19.9. The molecule has 12 nitrogen and oxygen atoms in total. The molecule has 0 aliphatic heterocycles. The zero-order chi connectivity index (χ0) is 27.7. The zero-order valence-electron chi connectivity index (χ0n) is 19.9. The van der Waals surface area contributed by atoms with Gasteiger partial charge in [-0.3, -0.25) is 15.3 Å². The molecule has 2 rings (SSSR count). The number of rotatable bonds is 7. The van der Waals surface area contributed by atoms with Gasteiger partial charge >= 0.3 is 11.9 Å². The van der Waals surface area contributed by atoms with Crippen LogP contribution >= 0.6 is 0 Å². The molecule has 0 aromatic heterocycles. The van der Waals surface area contributed by atoms with Crippen LogP contribution in [-0.4, -0.2) is 63.0 Å². The molecule has 7 N–H and O–H groups in total. The van der Waals surface area contributed by atoms with Crippen LogP contribution in [0.3, 0.4) is 0 Å². The highest BCUT2D eigenvalue weighted by molar-refractivity contribution is 5.98. The van der Waals surface area contributed by atoms with Crippen molar-refractivity contribution in [2.75, 3.05) is 7.11 Å². The number of primary amides is 1. The number of ether oxygens (including phenoxy) is 2. The van der Waals surface area contributed by atoms with E-state index in [2.05, 4.69) is 0 Å². The maximum atomic E-state index is 11.1. The lowest BCUT2D eigenvalue weighted by atomic mass is 10.1. The molecule has 0 radical (unpaired) electrons. The van der Waals surface area contributed by atoms with E-state index in [1.165, 1.54) is 36.4 Å². The van der Waals surface area contributed by atoms with Crippen molar-refractivity contribution in [2.24, 2.45) is 5.73 Å². The van der Waals surface area contributed by atoms with Gasteiger partial charge in [-0.2, -0.15) is 5.26 Å². The molecular formula is C23H30N2O10. The summed E-state index contributed by atoms with van der Waals surface area (Å²) in [6.07, 6.45) is -0.165. The van der Waals surface area contributed by atoms with Crippen LogP contribution in [0.2, 0.25) is 0 Å². The number of carboxylic acid groups (broad SMARTS) is 2. The van der Waals surface area contributed by atoms with Crippen LogP contribution in [0.1, 0.15) is 64.3 Å². The lowest BCUT2D eigenvalue weighted by Crippen LogP contribution is -2.16. The first-order valence-electron chi connectivity index (χ1n) is 9.88. The largest absolute Gasteiger partial charge is 0.490 e. The summed E-state index contributed by atoms with van der Waals surface area (Å²) in [6.45, 7) is 7.28. The Hall–Kier alpha value is -4.18. The molecule has 0 unspecified atom stereocenters. The first-order valence-corrected chi connectivity index (χ1v) is 9.88. The summed E-state index contributed by atoms with van der Waals surface area (Å²) in [5.41, 5.74) is 5.55. The van der Waals surface area contributed by atoms with Crippen molar-refractivity contribution in [1.29, 1.82) is 5.26 Å². The van der Waals surface area contributed by atoms with E-state index in [0.29, 0.717) is 11.5 Å². The second-order valence-electron chi connectivity index (χ2n) is 6.84. The average Bonchev–Trinajstić information content (AvgIpc) is 2.81. The maximum absolute atomic E-state index is 11.1. The summed E-state index contributed by atoms with van der Waals surface area (Å²) < 4.78 is 10.7. The molecule has 0 aliphatic carbocycles. The first-order chi connectivity index (χ1) is 16.5. The molecule has 0 heterocycles. The van der Waals surface area contributed by atoms with Crippen LogP contribution in [-0.2, 0) is 0 Å². The summed E-state index contributed by atoms with van der Waals surface area (Å²) in [7, 11) is 1.00. The predicted octanol–water partition coefficient (Wildman–Crippen LogP) is 2.94. The Bertz CT molecular complexity index is 1010. The fourth-order valence-corrected chi connectivity index (χ4v) is 2.32. The predicted molar refractivity (Wildman–Crippen MR) is 125 cm³/mol. The quantitative estimate of drug-likeness (QED) is 0.242. The van der Waals surface area contributed by atoms with Crippen molar-refractivity contribution < 1.29 is 49.7 Å². The van der Waals surface area contributed by atoms with Gasteiger partial charge in [-0.15, -0.1) is 0 Å². The lowest BCUT2D eigenvalue weighted by Gasteiger charge is -2.12. The smallest absolute Gasteiger partial charge is 0.335 e. The first kappa shape index (κ1) is 33.0. The second kappa shape index (κ2) is 17.3. The third-order valence-electron chi connectivity index (χ3n) is 3.56. The lowest BCUT2D eigenvalue weighted by molar-refractivity contribution is -0.176. The van der Waals surface area contributed by atoms with Crippen LogP contribution in [0.5, 0.6) is 11.5 Å². The standard InChI is InChI=1S/C11H13NO4.C11H11NO3.CH4O.H2O2/c1-6(2)16-9-4-3-7(11(14)15)5-8(9)10(12)13;1-7(2)15-10-4-3-8(11(13)14)5-9(10)6-12;2*1-2/h3-6H,1-2H3,(H2,12,13)(H,14,15);3-5,7H,1-2H3,(H,13,14);2H,1H3;1-2H. The number of carbonyl (C=O) groups excluding carboxylic acids is 1. The van der Waals surface area contributed by atoms with Crippen molar-refractivity contribution in [3.05, 3.63) is 58.7 Å². The number of carboxylic acids is 2. The molecule has 0 fully saturated rings. The van der Waals surface area contributed by atoms with Crippen molar-refractivity contribution in [3.8, 4) is 17.6 Å². The monoisotopic (exact) mass is 494 g/mol. The van der Waals surface area contributed by atoms with Gasteiger partial charge in [-0.05, 0) is 64.1 Å². The van der Waals surface area contributed by atoms with Crippen molar-refractivity contribution >= 4 is 17.8 Å². The number of nitrogens with two attached hydrogens (primary N) is 1. The van der Waals surface area contributed by atoms with Crippen LogP contribution in [0, 0.1) is 11.3 Å². The van der Waals surface area contributed by atoms with Gasteiger partial charge in [0.05, 0.1) is 34.5 Å². The van der Waals surface area contributed by atoms with Gasteiger partial charge in [0, 0.05) is 7.11 Å². The molecule has 0 bridgehead atoms.